The fraction of sp³-hybridized carbons (Fsp3) is 0.560. The number of carbonyl (C=O) groups excluding carboxylic acids is 1. The number of amides is 1. The van der Waals surface area contributed by atoms with Gasteiger partial charge in [-0.25, -0.2) is 4.79 Å². The monoisotopic (exact) mass is 442 g/mol. The Bertz CT molecular complexity index is 915. The van der Waals surface area contributed by atoms with E-state index in [4.69, 9.17) is 9.16 Å². The predicted molar refractivity (Wildman–Crippen MR) is 130 cm³/mol. The number of H-pyrrole nitrogens is 1. The number of benzene rings is 1. The topological polar surface area (TPSA) is 54.6 Å². The molecule has 170 valence electrons. The fourth-order valence-corrected chi connectivity index (χ4v) is 5.45. The zero-order valence-electron chi connectivity index (χ0n) is 19.9. The van der Waals surface area contributed by atoms with Crippen LogP contribution in [-0.2, 0) is 15.6 Å². The van der Waals surface area contributed by atoms with Gasteiger partial charge in [0.2, 0.25) is 0 Å². The number of fused-ring (bicyclic) bond motifs is 1. The molecule has 1 aliphatic rings. The molecule has 0 aliphatic heterocycles. The van der Waals surface area contributed by atoms with Crippen LogP contribution in [0.3, 0.4) is 0 Å². The van der Waals surface area contributed by atoms with E-state index in [1.165, 1.54) is 10.9 Å². The number of nitrogens with one attached hydrogen (secondary N) is 1. The molecule has 0 bridgehead atoms. The average Bonchev–Trinajstić information content (AvgIpc) is 3.12. The van der Waals surface area contributed by atoms with Crippen molar-refractivity contribution in [1.29, 1.82) is 0 Å². The van der Waals surface area contributed by atoms with E-state index in [0.29, 0.717) is 6.54 Å². The molecule has 1 aromatic carbocycles. The van der Waals surface area contributed by atoms with Crippen LogP contribution in [0.25, 0.3) is 10.9 Å². The Morgan fingerprint density at radius 1 is 1.32 bits per heavy atom. The lowest BCUT2D eigenvalue weighted by Gasteiger charge is -2.51. The molecule has 1 aromatic heterocycles. The van der Waals surface area contributed by atoms with E-state index in [1.807, 2.05) is 23.2 Å². The van der Waals surface area contributed by atoms with Crippen molar-refractivity contribution < 1.29 is 14.0 Å². The molecular weight excluding hydrogens is 404 g/mol. The van der Waals surface area contributed by atoms with E-state index < -0.39 is 8.32 Å². The van der Waals surface area contributed by atoms with Crippen LogP contribution in [0.15, 0.2) is 43.1 Å². The Hall–Kier alpha value is -2.05. The van der Waals surface area contributed by atoms with E-state index in [2.05, 4.69) is 64.5 Å². The van der Waals surface area contributed by atoms with Crippen LogP contribution in [0.5, 0.6) is 0 Å². The molecule has 5 nitrogen and oxygen atoms in total. The Labute approximate surface area is 187 Å². The number of aromatic nitrogens is 1. The lowest BCUT2D eigenvalue weighted by molar-refractivity contribution is -0.0420. The van der Waals surface area contributed by atoms with Crippen LogP contribution in [0.4, 0.5) is 4.79 Å². The van der Waals surface area contributed by atoms with Crippen LogP contribution in [0, 0.1) is 5.92 Å². The molecule has 6 heteroatoms. The lowest BCUT2D eigenvalue weighted by Crippen LogP contribution is -2.60. The smallest absolute Gasteiger partial charge is 0.410 e. The van der Waals surface area contributed by atoms with Crippen LogP contribution in [0.2, 0.25) is 18.1 Å². The van der Waals surface area contributed by atoms with Gasteiger partial charge >= 0.3 is 6.09 Å². The van der Waals surface area contributed by atoms with E-state index in [-0.39, 0.29) is 35.8 Å². The van der Waals surface area contributed by atoms with Gasteiger partial charge < -0.3 is 19.0 Å². The van der Waals surface area contributed by atoms with Gasteiger partial charge in [0.05, 0.1) is 6.10 Å². The number of para-hydroxylation sites is 1. The molecule has 1 heterocycles. The lowest BCUT2D eigenvalue weighted by atomic mass is 9.77. The molecule has 0 radical (unpaired) electrons. The standard InChI is InChI=1S/C25H38N2O3Si/c1-8-15-29-24(28)27(14-13-19-17-26-21-12-10-9-11-20(19)21)22-16-23(18(22)2)30-31(6,7)25(3,4)5/h8-12,17-18,22-23,26H,1,13-16H2,2-7H3. The van der Waals surface area contributed by atoms with Crippen molar-refractivity contribution >= 4 is 25.3 Å². The zero-order valence-corrected chi connectivity index (χ0v) is 20.9. The number of carbonyl (C=O) groups is 1. The van der Waals surface area contributed by atoms with Crippen molar-refractivity contribution in [2.24, 2.45) is 5.92 Å². The molecule has 1 saturated carbocycles. The summed E-state index contributed by atoms with van der Waals surface area (Å²) in [6.07, 6.45) is 5.25. The number of hydrogen-bond donors (Lipinski definition) is 1. The minimum atomic E-state index is -1.84. The Kier molecular flexibility index (Phi) is 7.01. The highest BCUT2D eigenvalue weighted by Crippen LogP contribution is 2.43. The summed E-state index contributed by atoms with van der Waals surface area (Å²) in [4.78, 5) is 18.1. The van der Waals surface area contributed by atoms with Crippen LogP contribution >= 0.6 is 0 Å². The fourth-order valence-electron chi connectivity index (χ4n) is 4.03. The van der Waals surface area contributed by atoms with Crippen LogP contribution < -0.4 is 0 Å². The summed E-state index contributed by atoms with van der Waals surface area (Å²) in [5.74, 6) is 0.286. The molecule has 1 aliphatic carbocycles. The van der Waals surface area contributed by atoms with Gasteiger partial charge in [0.1, 0.15) is 6.61 Å². The number of hydrogen-bond acceptors (Lipinski definition) is 3. The summed E-state index contributed by atoms with van der Waals surface area (Å²) in [6, 6.07) is 8.41. The number of rotatable bonds is 8. The Balaban J connectivity index is 1.69. The third-order valence-corrected chi connectivity index (χ3v) is 11.7. The molecule has 0 spiro atoms. The normalized spacial score (nSPS) is 21.5. The number of nitrogens with zero attached hydrogens (tertiary/aromatic N) is 1. The second-order valence-corrected chi connectivity index (χ2v) is 15.0. The van der Waals surface area contributed by atoms with E-state index in [9.17, 15) is 4.79 Å². The van der Waals surface area contributed by atoms with Gasteiger partial charge in [0, 0.05) is 35.6 Å². The van der Waals surface area contributed by atoms with Crippen LogP contribution in [-0.4, -0.2) is 49.6 Å². The second kappa shape index (κ2) is 9.21. The summed E-state index contributed by atoms with van der Waals surface area (Å²) >= 11 is 0. The summed E-state index contributed by atoms with van der Waals surface area (Å²) in [5, 5.41) is 1.39. The summed E-state index contributed by atoms with van der Waals surface area (Å²) < 4.78 is 12.1. The van der Waals surface area contributed by atoms with Gasteiger partial charge in [-0.2, -0.15) is 0 Å². The molecule has 1 N–H and O–H groups in total. The van der Waals surface area contributed by atoms with E-state index >= 15 is 0 Å². The molecule has 2 aromatic rings. The van der Waals surface area contributed by atoms with Crippen molar-refractivity contribution in [2.45, 2.75) is 70.8 Å². The summed E-state index contributed by atoms with van der Waals surface area (Å²) in [7, 11) is -1.84. The minimum absolute atomic E-state index is 0.136. The third-order valence-electron chi connectivity index (χ3n) is 7.18. The van der Waals surface area contributed by atoms with Crippen molar-refractivity contribution in [3.63, 3.8) is 0 Å². The molecule has 1 fully saturated rings. The van der Waals surface area contributed by atoms with Gasteiger partial charge in [-0.05, 0) is 42.6 Å². The maximum Gasteiger partial charge on any atom is 0.410 e. The molecule has 3 atom stereocenters. The van der Waals surface area contributed by atoms with Gasteiger partial charge in [-0.3, -0.25) is 0 Å². The first-order chi connectivity index (χ1) is 14.5. The highest BCUT2D eigenvalue weighted by atomic mass is 28.4. The molecular formula is C25H38N2O3Si. The van der Waals surface area contributed by atoms with Crippen molar-refractivity contribution in [2.75, 3.05) is 13.2 Å². The molecule has 31 heavy (non-hydrogen) atoms. The quantitative estimate of drug-likeness (QED) is 0.395. The zero-order chi connectivity index (χ0) is 22.8. The Morgan fingerprint density at radius 3 is 2.68 bits per heavy atom. The van der Waals surface area contributed by atoms with Crippen molar-refractivity contribution in [3.05, 3.63) is 48.7 Å². The largest absolute Gasteiger partial charge is 0.445 e. The average molecular weight is 443 g/mol. The first-order valence-corrected chi connectivity index (χ1v) is 14.2. The first-order valence-electron chi connectivity index (χ1n) is 11.3. The second-order valence-electron chi connectivity index (χ2n) is 10.2. The molecule has 3 unspecified atom stereocenters. The Morgan fingerprint density at radius 2 is 2.03 bits per heavy atom. The summed E-state index contributed by atoms with van der Waals surface area (Å²) in [6.45, 7) is 18.1. The molecule has 0 saturated heterocycles. The molecule has 3 rings (SSSR count). The van der Waals surface area contributed by atoms with Crippen molar-refractivity contribution in [1.82, 2.24) is 9.88 Å². The first kappa shape index (κ1) is 23.6. The van der Waals surface area contributed by atoms with E-state index in [1.54, 1.807) is 6.08 Å². The highest BCUT2D eigenvalue weighted by molar-refractivity contribution is 6.74. The third kappa shape index (κ3) is 5.07. The highest BCUT2D eigenvalue weighted by Gasteiger charge is 2.48. The maximum atomic E-state index is 12.9. The van der Waals surface area contributed by atoms with Crippen molar-refractivity contribution in [3.8, 4) is 0 Å². The van der Waals surface area contributed by atoms with E-state index in [0.717, 1.165) is 18.4 Å². The van der Waals surface area contributed by atoms with Gasteiger partial charge in [0.25, 0.3) is 0 Å². The SMILES string of the molecule is C=CCOC(=O)N(CCc1c[nH]c2ccccc12)C1CC(O[Si](C)(C)C(C)(C)C)C1C. The number of ether oxygens (including phenoxy) is 1. The summed E-state index contributed by atoms with van der Waals surface area (Å²) in [5.41, 5.74) is 2.34. The van der Waals surface area contributed by atoms with Gasteiger partial charge in [-0.15, -0.1) is 0 Å². The van der Waals surface area contributed by atoms with Crippen LogP contribution in [0.1, 0.15) is 39.7 Å². The number of aromatic amines is 1. The maximum absolute atomic E-state index is 12.9. The van der Waals surface area contributed by atoms with Gasteiger partial charge in [0.15, 0.2) is 8.32 Å². The predicted octanol–water partition coefficient (Wildman–Crippen LogP) is 6.13. The van der Waals surface area contributed by atoms with Gasteiger partial charge in [-0.1, -0.05) is 58.5 Å². The minimum Gasteiger partial charge on any atom is -0.445 e. The molecule has 1 amide bonds.